The Morgan fingerprint density at radius 3 is 2.78 bits per heavy atom. The van der Waals surface area contributed by atoms with E-state index in [9.17, 15) is 4.79 Å². The van der Waals surface area contributed by atoms with Gasteiger partial charge in [0.25, 0.3) is 5.91 Å². The molecule has 1 aliphatic rings. The number of thioether (sulfide) groups is 1. The van der Waals surface area contributed by atoms with E-state index in [1.165, 1.54) is 0 Å². The van der Waals surface area contributed by atoms with Crippen molar-refractivity contribution >= 4 is 47.6 Å². The molecular formula is C19H31IN4O2S. The highest BCUT2D eigenvalue weighted by Gasteiger charge is 2.24. The van der Waals surface area contributed by atoms with Gasteiger partial charge in [-0.1, -0.05) is 19.9 Å². The Morgan fingerprint density at radius 2 is 2.11 bits per heavy atom. The first kappa shape index (κ1) is 23.9. The van der Waals surface area contributed by atoms with Crippen molar-refractivity contribution in [3.8, 4) is 5.75 Å². The predicted octanol–water partition coefficient (Wildman–Crippen LogP) is 2.69. The molecule has 0 spiro atoms. The maximum Gasteiger partial charge on any atom is 0.251 e. The molecule has 0 aliphatic carbocycles. The van der Waals surface area contributed by atoms with Gasteiger partial charge in [0.2, 0.25) is 0 Å². The van der Waals surface area contributed by atoms with E-state index in [1.807, 2.05) is 30.9 Å². The van der Waals surface area contributed by atoms with Gasteiger partial charge in [0.1, 0.15) is 5.75 Å². The van der Waals surface area contributed by atoms with Crippen LogP contribution in [-0.4, -0.2) is 68.1 Å². The third-order valence-electron chi connectivity index (χ3n) is 4.37. The number of guanidine groups is 1. The zero-order valence-electron chi connectivity index (χ0n) is 16.5. The molecule has 2 N–H and O–H groups in total. The van der Waals surface area contributed by atoms with Crippen molar-refractivity contribution in [3.63, 3.8) is 0 Å². The zero-order valence-corrected chi connectivity index (χ0v) is 19.7. The Labute approximate surface area is 183 Å². The molecule has 1 heterocycles. The van der Waals surface area contributed by atoms with Gasteiger partial charge in [-0.2, -0.15) is 11.8 Å². The fourth-order valence-electron chi connectivity index (χ4n) is 2.82. The summed E-state index contributed by atoms with van der Waals surface area (Å²) in [7, 11) is 3.40. The van der Waals surface area contributed by atoms with Crippen LogP contribution in [0.1, 0.15) is 24.2 Å². The lowest BCUT2D eigenvalue weighted by atomic mass is 10.1. The second-order valence-corrected chi connectivity index (χ2v) is 7.91. The highest BCUT2D eigenvalue weighted by Crippen LogP contribution is 2.24. The van der Waals surface area contributed by atoms with Gasteiger partial charge in [-0.15, -0.1) is 24.0 Å². The van der Waals surface area contributed by atoms with Gasteiger partial charge in [-0.25, -0.2) is 0 Å². The molecule has 27 heavy (non-hydrogen) atoms. The maximum atomic E-state index is 12.2. The van der Waals surface area contributed by atoms with Crippen LogP contribution in [0.25, 0.3) is 0 Å². The quantitative estimate of drug-likeness (QED) is 0.269. The molecule has 1 atom stereocenters. The summed E-state index contributed by atoms with van der Waals surface area (Å²) < 4.78 is 5.15. The van der Waals surface area contributed by atoms with E-state index < -0.39 is 0 Å². The van der Waals surface area contributed by atoms with Crippen LogP contribution in [0.4, 0.5) is 0 Å². The molecule has 2 rings (SSSR count). The summed E-state index contributed by atoms with van der Waals surface area (Å²) in [5, 5.41) is 6.91. The number of amides is 1. The van der Waals surface area contributed by atoms with Crippen molar-refractivity contribution in [3.05, 3.63) is 29.8 Å². The SMILES string of the molecule is CN=C(NCCNC(=O)c1cccc(OC)c1)N1CCSC(C(C)C)C1.I. The van der Waals surface area contributed by atoms with Crippen LogP contribution in [0.5, 0.6) is 5.75 Å². The molecule has 0 bridgehead atoms. The molecule has 1 unspecified atom stereocenters. The van der Waals surface area contributed by atoms with Crippen LogP contribution >= 0.6 is 35.7 Å². The minimum absolute atomic E-state index is 0. The number of benzene rings is 1. The van der Waals surface area contributed by atoms with Crippen molar-refractivity contribution < 1.29 is 9.53 Å². The van der Waals surface area contributed by atoms with Crippen LogP contribution in [0.2, 0.25) is 0 Å². The maximum absolute atomic E-state index is 12.2. The summed E-state index contributed by atoms with van der Waals surface area (Å²) >= 11 is 2.04. The summed E-state index contributed by atoms with van der Waals surface area (Å²) in [6.45, 7) is 7.72. The van der Waals surface area contributed by atoms with Gasteiger partial charge < -0.3 is 20.3 Å². The molecule has 0 aromatic heterocycles. The number of carbonyl (C=O) groups excluding carboxylic acids is 1. The molecule has 8 heteroatoms. The molecule has 1 fully saturated rings. The molecule has 1 aromatic rings. The molecule has 1 aliphatic heterocycles. The number of nitrogens with one attached hydrogen (secondary N) is 2. The average Bonchev–Trinajstić information content (AvgIpc) is 2.68. The number of ether oxygens (including phenoxy) is 1. The van der Waals surface area contributed by atoms with Gasteiger partial charge in [0, 0.05) is 49.8 Å². The summed E-state index contributed by atoms with van der Waals surface area (Å²) in [5.41, 5.74) is 0.599. The van der Waals surface area contributed by atoms with Crippen LogP contribution in [0, 0.1) is 5.92 Å². The van der Waals surface area contributed by atoms with Crippen molar-refractivity contribution in [1.82, 2.24) is 15.5 Å². The van der Waals surface area contributed by atoms with Crippen LogP contribution in [0.15, 0.2) is 29.3 Å². The Kier molecular flexibility index (Phi) is 10.9. The summed E-state index contributed by atoms with van der Waals surface area (Å²) in [5.74, 6) is 3.26. The van der Waals surface area contributed by atoms with E-state index in [4.69, 9.17) is 4.74 Å². The smallest absolute Gasteiger partial charge is 0.251 e. The topological polar surface area (TPSA) is 66.0 Å². The third kappa shape index (κ3) is 7.40. The van der Waals surface area contributed by atoms with Crippen molar-refractivity contribution in [2.45, 2.75) is 19.1 Å². The lowest BCUT2D eigenvalue weighted by molar-refractivity contribution is 0.0954. The van der Waals surface area contributed by atoms with Gasteiger partial charge in [0.15, 0.2) is 5.96 Å². The van der Waals surface area contributed by atoms with Crippen molar-refractivity contribution in [2.75, 3.05) is 46.1 Å². The lowest BCUT2D eigenvalue weighted by Crippen LogP contribution is -2.50. The Hall–Kier alpha value is -1.16. The monoisotopic (exact) mass is 506 g/mol. The normalized spacial score (nSPS) is 17.3. The summed E-state index contributed by atoms with van der Waals surface area (Å²) in [6.07, 6.45) is 0. The summed E-state index contributed by atoms with van der Waals surface area (Å²) in [4.78, 5) is 18.9. The Bertz CT molecular complexity index is 627. The lowest BCUT2D eigenvalue weighted by Gasteiger charge is -2.36. The third-order valence-corrected chi connectivity index (χ3v) is 5.91. The molecule has 1 aromatic carbocycles. The van der Waals surface area contributed by atoms with Crippen LogP contribution in [-0.2, 0) is 0 Å². The molecule has 1 saturated heterocycles. The number of nitrogens with zero attached hydrogens (tertiary/aromatic N) is 2. The Balaban J connectivity index is 0.00000364. The van der Waals surface area contributed by atoms with E-state index in [2.05, 4.69) is 34.4 Å². The number of hydrogen-bond donors (Lipinski definition) is 2. The van der Waals surface area contributed by atoms with E-state index in [-0.39, 0.29) is 29.9 Å². The largest absolute Gasteiger partial charge is 0.497 e. The number of aliphatic imine (C=N–C) groups is 1. The van der Waals surface area contributed by atoms with E-state index in [0.29, 0.717) is 35.6 Å². The highest BCUT2D eigenvalue weighted by atomic mass is 127. The number of carbonyl (C=O) groups is 1. The van der Waals surface area contributed by atoms with Gasteiger partial charge in [-0.05, 0) is 24.1 Å². The molecule has 0 radical (unpaired) electrons. The van der Waals surface area contributed by atoms with Crippen molar-refractivity contribution in [2.24, 2.45) is 10.9 Å². The zero-order chi connectivity index (χ0) is 18.9. The molecule has 1 amide bonds. The van der Waals surface area contributed by atoms with Crippen molar-refractivity contribution in [1.29, 1.82) is 0 Å². The number of methoxy groups -OCH3 is 1. The first-order valence-corrected chi connectivity index (χ1v) is 10.1. The van der Waals surface area contributed by atoms with Gasteiger partial charge in [-0.3, -0.25) is 9.79 Å². The fourth-order valence-corrected chi connectivity index (χ4v) is 4.12. The average molecular weight is 506 g/mol. The fraction of sp³-hybridized carbons (Fsp3) is 0.579. The minimum Gasteiger partial charge on any atom is -0.497 e. The van der Waals surface area contributed by atoms with Gasteiger partial charge >= 0.3 is 0 Å². The van der Waals surface area contributed by atoms with Crippen LogP contribution in [0.3, 0.4) is 0 Å². The number of hydrogen-bond acceptors (Lipinski definition) is 4. The van der Waals surface area contributed by atoms with E-state index in [1.54, 1.807) is 19.2 Å². The number of halogens is 1. The first-order valence-electron chi connectivity index (χ1n) is 9.04. The molecule has 152 valence electrons. The first-order chi connectivity index (χ1) is 12.5. The Morgan fingerprint density at radius 1 is 1.37 bits per heavy atom. The standard InChI is InChI=1S/C19H30N4O2S.HI/c1-14(2)17-13-23(10-11-26-17)19(20-3)22-9-8-21-18(24)15-6-5-7-16(12-15)25-4;/h5-7,12,14,17H,8-11,13H2,1-4H3,(H,20,22)(H,21,24);1H. The molecule has 6 nitrogen and oxygen atoms in total. The summed E-state index contributed by atoms with van der Waals surface area (Å²) in [6, 6.07) is 7.15. The molecule has 0 saturated carbocycles. The second-order valence-electron chi connectivity index (χ2n) is 6.56. The van der Waals surface area contributed by atoms with E-state index >= 15 is 0 Å². The number of rotatable bonds is 6. The van der Waals surface area contributed by atoms with E-state index in [0.717, 1.165) is 24.8 Å². The minimum atomic E-state index is -0.102. The highest BCUT2D eigenvalue weighted by molar-refractivity contribution is 14.0. The van der Waals surface area contributed by atoms with Crippen LogP contribution < -0.4 is 15.4 Å². The molecular weight excluding hydrogens is 475 g/mol. The predicted molar refractivity (Wildman–Crippen MR) is 125 cm³/mol. The van der Waals surface area contributed by atoms with Gasteiger partial charge in [0.05, 0.1) is 7.11 Å². The second kappa shape index (κ2) is 12.3.